The minimum absolute atomic E-state index is 0.737. The molecular formula is C22H15ClO. The summed E-state index contributed by atoms with van der Waals surface area (Å²) in [5.41, 5.74) is 4.28. The van der Waals surface area contributed by atoms with Gasteiger partial charge in [-0.15, -0.1) is 0 Å². The molecule has 0 radical (unpaired) electrons. The van der Waals surface area contributed by atoms with Gasteiger partial charge in [0.05, 0.1) is 5.02 Å². The van der Waals surface area contributed by atoms with Crippen LogP contribution in [-0.2, 0) is 0 Å². The number of rotatable bonds is 1. The highest BCUT2D eigenvalue weighted by Crippen LogP contribution is 2.41. The number of hydrogen-bond donors (Lipinski definition) is 0. The Kier molecular flexibility index (Phi) is 3.04. The number of benzene rings is 3. The molecule has 0 unspecified atom stereocenters. The highest BCUT2D eigenvalue weighted by atomic mass is 35.5. The molecule has 0 spiro atoms. The van der Waals surface area contributed by atoms with Crippen molar-refractivity contribution in [3.05, 3.63) is 77.3 Å². The lowest BCUT2D eigenvalue weighted by atomic mass is 9.92. The zero-order chi connectivity index (χ0) is 16.1. The molecule has 1 aromatic heterocycles. The number of furan rings is 1. The molecule has 0 atom stereocenters. The van der Waals surface area contributed by atoms with Gasteiger partial charge in [0.1, 0.15) is 11.2 Å². The lowest BCUT2D eigenvalue weighted by Gasteiger charge is -2.11. The zero-order valence-corrected chi connectivity index (χ0v) is 13.8. The van der Waals surface area contributed by atoms with E-state index >= 15 is 0 Å². The third-order valence-electron chi connectivity index (χ3n) is 4.76. The van der Waals surface area contributed by atoms with Crippen molar-refractivity contribution >= 4 is 49.9 Å². The first-order chi connectivity index (χ1) is 11.8. The highest BCUT2D eigenvalue weighted by molar-refractivity contribution is 6.38. The van der Waals surface area contributed by atoms with E-state index in [0.29, 0.717) is 0 Å². The predicted molar refractivity (Wildman–Crippen MR) is 103 cm³/mol. The van der Waals surface area contributed by atoms with Gasteiger partial charge in [-0.25, -0.2) is 0 Å². The minimum atomic E-state index is 0.737. The van der Waals surface area contributed by atoms with E-state index in [2.05, 4.69) is 48.6 Å². The standard InChI is InChI=1S/C22H15ClO/c23-19-11-6-12-20-21(19)18-13-17(14-7-2-1-3-8-14)15-9-4-5-10-16(15)22(18)24-20/h2,4-13H,1,3H2. The van der Waals surface area contributed by atoms with Crippen molar-refractivity contribution in [3.63, 3.8) is 0 Å². The molecule has 0 bridgehead atoms. The summed E-state index contributed by atoms with van der Waals surface area (Å²) in [6.45, 7) is 0. The first kappa shape index (κ1) is 13.9. The zero-order valence-electron chi connectivity index (χ0n) is 13.1. The fraction of sp³-hybridized carbons (Fsp3) is 0.0909. The van der Waals surface area contributed by atoms with Gasteiger partial charge in [-0.05, 0) is 47.6 Å². The van der Waals surface area contributed by atoms with Crippen LogP contribution in [-0.4, -0.2) is 0 Å². The van der Waals surface area contributed by atoms with Gasteiger partial charge >= 0.3 is 0 Å². The summed E-state index contributed by atoms with van der Waals surface area (Å²) < 4.78 is 6.17. The van der Waals surface area contributed by atoms with E-state index in [0.717, 1.165) is 45.2 Å². The normalized spacial score (nSPS) is 14.6. The van der Waals surface area contributed by atoms with Crippen molar-refractivity contribution < 1.29 is 4.42 Å². The number of allylic oxidation sites excluding steroid dienone is 4. The van der Waals surface area contributed by atoms with E-state index in [1.807, 2.05) is 18.2 Å². The Balaban J connectivity index is 1.99. The second-order valence-electron chi connectivity index (χ2n) is 6.20. The lowest BCUT2D eigenvalue weighted by molar-refractivity contribution is 0.672. The summed E-state index contributed by atoms with van der Waals surface area (Å²) in [5, 5.41) is 5.18. The van der Waals surface area contributed by atoms with Crippen LogP contribution in [0.3, 0.4) is 0 Å². The van der Waals surface area contributed by atoms with E-state index in [-0.39, 0.29) is 0 Å². The van der Waals surface area contributed by atoms with Gasteiger partial charge in [0, 0.05) is 16.2 Å². The molecule has 0 amide bonds. The van der Waals surface area contributed by atoms with Crippen LogP contribution in [0, 0.1) is 0 Å². The molecule has 4 aromatic rings. The molecular weight excluding hydrogens is 316 g/mol. The summed E-state index contributed by atoms with van der Waals surface area (Å²) in [6, 6.07) is 16.5. The largest absolute Gasteiger partial charge is 0.455 e. The number of fused-ring (bicyclic) bond motifs is 5. The average molecular weight is 331 g/mol. The fourth-order valence-corrected chi connectivity index (χ4v) is 3.92. The molecule has 0 fully saturated rings. The quantitative estimate of drug-likeness (QED) is 0.362. The van der Waals surface area contributed by atoms with Crippen molar-refractivity contribution in [1.82, 2.24) is 0 Å². The van der Waals surface area contributed by atoms with Gasteiger partial charge in [0.15, 0.2) is 0 Å². The summed E-state index contributed by atoms with van der Waals surface area (Å²) in [4.78, 5) is 0. The van der Waals surface area contributed by atoms with E-state index in [1.165, 1.54) is 16.5 Å². The van der Waals surface area contributed by atoms with Crippen molar-refractivity contribution in [2.45, 2.75) is 12.8 Å². The summed E-state index contributed by atoms with van der Waals surface area (Å²) >= 11 is 6.48. The van der Waals surface area contributed by atoms with E-state index in [9.17, 15) is 0 Å². The lowest BCUT2D eigenvalue weighted by Crippen LogP contribution is -1.89. The smallest absolute Gasteiger partial charge is 0.143 e. The number of halogens is 1. The third-order valence-corrected chi connectivity index (χ3v) is 5.07. The van der Waals surface area contributed by atoms with Crippen LogP contribution < -0.4 is 0 Å². The van der Waals surface area contributed by atoms with Crippen LogP contribution >= 0.6 is 11.6 Å². The summed E-state index contributed by atoms with van der Waals surface area (Å²) in [5.74, 6) is 0. The maximum absolute atomic E-state index is 6.48. The van der Waals surface area contributed by atoms with E-state index in [1.54, 1.807) is 0 Å². The molecule has 0 saturated carbocycles. The van der Waals surface area contributed by atoms with Crippen LogP contribution in [0.1, 0.15) is 18.4 Å². The Morgan fingerprint density at radius 1 is 0.875 bits per heavy atom. The SMILES string of the molecule is Clc1cccc2oc3c4ccccc4c(C4=CCCC=C4)cc3c12. The van der Waals surface area contributed by atoms with Gasteiger partial charge in [-0.1, -0.05) is 60.2 Å². The van der Waals surface area contributed by atoms with E-state index < -0.39 is 0 Å². The fourth-order valence-electron chi connectivity index (χ4n) is 3.66. The molecule has 0 saturated heterocycles. The second kappa shape index (κ2) is 5.25. The Labute approximate surface area is 144 Å². The van der Waals surface area contributed by atoms with E-state index in [4.69, 9.17) is 16.0 Å². The van der Waals surface area contributed by atoms with Crippen molar-refractivity contribution in [2.75, 3.05) is 0 Å². The second-order valence-corrected chi connectivity index (χ2v) is 6.61. The highest BCUT2D eigenvalue weighted by Gasteiger charge is 2.16. The molecule has 0 aliphatic heterocycles. The minimum Gasteiger partial charge on any atom is -0.455 e. The molecule has 1 heterocycles. The topological polar surface area (TPSA) is 13.1 Å². The van der Waals surface area contributed by atoms with Gasteiger partial charge in [-0.3, -0.25) is 0 Å². The average Bonchev–Trinajstić information content (AvgIpc) is 3.02. The first-order valence-electron chi connectivity index (χ1n) is 8.22. The third kappa shape index (κ3) is 1.95. The van der Waals surface area contributed by atoms with Crippen LogP contribution in [0.15, 0.2) is 71.2 Å². The summed E-state index contributed by atoms with van der Waals surface area (Å²) in [7, 11) is 0. The molecule has 1 nitrogen and oxygen atoms in total. The van der Waals surface area contributed by atoms with Crippen LogP contribution in [0.25, 0.3) is 38.3 Å². The Morgan fingerprint density at radius 3 is 2.58 bits per heavy atom. The van der Waals surface area contributed by atoms with Crippen molar-refractivity contribution in [1.29, 1.82) is 0 Å². The molecule has 0 N–H and O–H groups in total. The Bertz CT molecular complexity index is 1160. The van der Waals surface area contributed by atoms with Crippen molar-refractivity contribution in [3.8, 4) is 0 Å². The predicted octanol–water partition coefficient (Wildman–Crippen LogP) is 7.13. The van der Waals surface area contributed by atoms with Gasteiger partial charge in [0.2, 0.25) is 0 Å². The Hall–Kier alpha value is -2.51. The van der Waals surface area contributed by atoms with Crippen LogP contribution in [0.2, 0.25) is 5.02 Å². The number of hydrogen-bond acceptors (Lipinski definition) is 1. The molecule has 1 aliphatic rings. The van der Waals surface area contributed by atoms with Crippen molar-refractivity contribution in [2.24, 2.45) is 0 Å². The molecule has 24 heavy (non-hydrogen) atoms. The molecule has 5 rings (SSSR count). The maximum atomic E-state index is 6.48. The molecule has 2 heteroatoms. The van der Waals surface area contributed by atoms with Gasteiger partial charge < -0.3 is 4.42 Å². The monoisotopic (exact) mass is 330 g/mol. The Morgan fingerprint density at radius 2 is 1.75 bits per heavy atom. The molecule has 1 aliphatic carbocycles. The first-order valence-corrected chi connectivity index (χ1v) is 8.60. The van der Waals surface area contributed by atoms with Crippen LogP contribution in [0.5, 0.6) is 0 Å². The van der Waals surface area contributed by atoms with Crippen LogP contribution in [0.4, 0.5) is 0 Å². The maximum Gasteiger partial charge on any atom is 0.143 e. The van der Waals surface area contributed by atoms with Gasteiger partial charge in [0.25, 0.3) is 0 Å². The summed E-state index contributed by atoms with van der Waals surface area (Å²) in [6.07, 6.45) is 8.99. The van der Waals surface area contributed by atoms with Gasteiger partial charge in [-0.2, -0.15) is 0 Å². The molecule has 116 valence electrons. The molecule has 3 aromatic carbocycles.